The summed E-state index contributed by atoms with van der Waals surface area (Å²) in [4.78, 5) is 43.5. The molecule has 3 heterocycles. The van der Waals surface area contributed by atoms with Crippen molar-refractivity contribution in [2.24, 2.45) is 5.10 Å². The zero-order chi connectivity index (χ0) is 19.0. The number of amides is 3. The Bertz CT molecular complexity index is 953. The van der Waals surface area contributed by atoms with Crippen LogP contribution in [0.15, 0.2) is 29.4 Å². The lowest BCUT2D eigenvalue weighted by atomic mass is 10.1. The topological polar surface area (TPSA) is 97.9 Å². The van der Waals surface area contributed by atoms with Crippen LogP contribution < -0.4 is 5.43 Å². The molecule has 0 bridgehead atoms. The molecule has 0 spiro atoms. The van der Waals surface area contributed by atoms with Gasteiger partial charge in [-0.05, 0) is 13.0 Å². The minimum atomic E-state index is -0.170. The molecule has 0 saturated carbocycles. The van der Waals surface area contributed by atoms with Crippen molar-refractivity contribution in [3.63, 3.8) is 0 Å². The molecule has 4 rings (SSSR count). The second-order valence-electron chi connectivity index (χ2n) is 6.85. The summed E-state index contributed by atoms with van der Waals surface area (Å²) < 4.78 is 0. The molecule has 2 aliphatic heterocycles. The van der Waals surface area contributed by atoms with Gasteiger partial charge in [0.2, 0.25) is 5.91 Å². The number of nitrogens with zero attached hydrogens (tertiary/aromatic N) is 3. The normalized spacial score (nSPS) is 17.7. The van der Waals surface area contributed by atoms with Gasteiger partial charge in [0.05, 0.1) is 5.56 Å². The number of piperazine rings is 1. The van der Waals surface area contributed by atoms with E-state index in [1.807, 2.05) is 31.2 Å². The van der Waals surface area contributed by atoms with E-state index in [1.54, 1.807) is 9.80 Å². The fraction of sp³-hybridized carbons (Fsp3) is 0.368. The molecule has 1 aromatic heterocycles. The van der Waals surface area contributed by atoms with E-state index in [2.05, 4.69) is 15.5 Å². The predicted molar refractivity (Wildman–Crippen MR) is 100 cm³/mol. The van der Waals surface area contributed by atoms with Crippen molar-refractivity contribution in [1.29, 1.82) is 0 Å². The molecular weight excluding hydrogens is 346 g/mol. The van der Waals surface area contributed by atoms with Crippen LogP contribution in [0.3, 0.4) is 0 Å². The Labute approximate surface area is 156 Å². The van der Waals surface area contributed by atoms with E-state index >= 15 is 0 Å². The SMILES string of the molecule is Cc1[nH]c2ccccc2c1C(=O)N1CCN(C(=O)C2=NNC(=O)CC2)CC1. The van der Waals surface area contributed by atoms with Gasteiger partial charge in [-0.25, -0.2) is 5.43 Å². The number of fused-ring (bicyclic) bond motifs is 1. The summed E-state index contributed by atoms with van der Waals surface area (Å²) in [5.41, 5.74) is 5.23. The predicted octanol–water partition coefficient (Wildman–Crippen LogP) is 1.03. The third-order valence-corrected chi connectivity index (χ3v) is 5.11. The second-order valence-corrected chi connectivity index (χ2v) is 6.85. The number of para-hydroxylation sites is 1. The van der Waals surface area contributed by atoms with Crippen LogP contribution in [0.2, 0.25) is 0 Å². The summed E-state index contributed by atoms with van der Waals surface area (Å²) in [6.07, 6.45) is 0.640. The summed E-state index contributed by atoms with van der Waals surface area (Å²) in [6.45, 7) is 3.77. The lowest BCUT2D eigenvalue weighted by Crippen LogP contribution is -2.52. The van der Waals surface area contributed by atoms with Gasteiger partial charge in [-0.2, -0.15) is 5.10 Å². The van der Waals surface area contributed by atoms with Crippen molar-refractivity contribution in [3.05, 3.63) is 35.5 Å². The van der Waals surface area contributed by atoms with Crippen LogP contribution in [0.1, 0.15) is 28.9 Å². The van der Waals surface area contributed by atoms with E-state index in [4.69, 9.17) is 0 Å². The number of hydrogen-bond acceptors (Lipinski definition) is 4. The van der Waals surface area contributed by atoms with Crippen LogP contribution in [0.5, 0.6) is 0 Å². The number of hydrogen-bond donors (Lipinski definition) is 2. The number of benzene rings is 1. The van der Waals surface area contributed by atoms with Gasteiger partial charge in [-0.1, -0.05) is 18.2 Å². The Morgan fingerprint density at radius 3 is 2.33 bits per heavy atom. The first-order valence-electron chi connectivity index (χ1n) is 9.06. The fourth-order valence-electron chi connectivity index (χ4n) is 3.63. The van der Waals surface area contributed by atoms with E-state index in [1.165, 1.54) is 0 Å². The lowest BCUT2D eigenvalue weighted by molar-refractivity contribution is -0.126. The second kappa shape index (κ2) is 6.86. The summed E-state index contributed by atoms with van der Waals surface area (Å²) in [5, 5.41) is 4.79. The van der Waals surface area contributed by atoms with Gasteiger partial charge in [0.25, 0.3) is 11.8 Å². The maximum atomic E-state index is 13.0. The molecule has 1 saturated heterocycles. The van der Waals surface area contributed by atoms with E-state index < -0.39 is 0 Å². The first kappa shape index (κ1) is 17.3. The number of hydrazone groups is 1. The van der Waals surface area contributed by atoms with Gasteiger partial charge >= 0.3 is 0 Å². The minimum absolute atomic E-state index is 0.0145. The van der Waals surface area contributed by atoms with Crippen molar-refractivity contribution in [1.82, 2.24) is 20.2 Å². The third kappa shape index (κ3) is 3.18. The van der Waals surface area contributed by atoms with E-state index in [0.717, 1.165) is 16.6 Å². The van der Waals surface area contributed by atoms with Gasteiger partial charge in [0.15, 0.2) is 0 Å². The number of rotatable bonds is 2. The molecule has 3 amide bonds. The van der Waals surface area contributed by atoms with Crippen molar-refractivity contribution in [3.8, 4) is 0 Å². The van der Waals surface area contributed by atoms with Gasteiger partial charge in [0, 0.05) is 55.6 Å². The standard InChI is InChI=1S/C19H21N5O3/c1-12-17(13-4-2-3-5-14(13)20-12)19(27)24-10-8-23(9-11-24)18(26)15-6-7-16(25)22-21-15/h2-5,20H,6-11H2,1H3,(H,22,25). The number of nitrogens with one attached hydrogen (secondary N) is 2. The van der Waals surface area contributed by atoms with Gasteiger partial charge in [-0.3, -0.25) is 14.4 Å². The van der Waals surface area contributed by atoms with Gasteiger partial charge in [0.1, 0.15) is 5.71 Å². The Hall–Kier alpha value is -3.16. The van der Waals surface area contributed by atoms with Gasteiger partial charge in [-0.15, -0.1) is 0 Å². The smallest absolute Gasteiger partial charge is 0.270 e. The molecule has 0 atom stereocenters. The van der Waals surface area contributed by atoms with Crippen molar-refractivity contribution in [2.75, 3.05) is 26.2 Å². The van der Waals surface area contributed by atoms with Crippen LogP contribution in [0.25, 0.3) is 10.9 Å². The summed E-state index contributed by atoms with van der Waals surface area (Å²) >= 11 is 0. The van der Waals surface area contributed by atoms with Gasteiger partial charge < -0.3 is 14.8 Å². The molecule has 0 aliphatic carbocycles. The maximum Gasteiger partial charge on any atom is 0.270 e. The average Bonchev–Trinajstić information content (AvgIpc) is 3.03. The maximum absolute atomic E-state index is 13.0. The Balaban J connectivity index is 1.44. The van der Waals surface area contributed by atoms with Crippen LogP contribution >= 0.6 is 0 Å². The monoisotopic (exact) mass is 367 g/mol. The highest BCUT2D eigenvalue weighted by Crippen LogP contribution is 2.24. The van der Waals surface area contributed by atoms with E-state index in [-0.39, 0.29) is 24.1 Å². The molecule has 1 aromatic carbocycles. The average molecular weight is 367 g/mol. The summed E-state index contributed by atoms with van der Waals surface area (Å²) in [7, 11) is 0. The van der Waals surface area contributed by atoms with Crippen molar-refractivity contribution >= 4 is 34.3 Å². The molecule has 0 unspecified atom stereocenters. The number of aryl methyl sites for hydroxylation is 1. The molecule has 1 fully saturated rings. The van der Waals surface area contributed by atoms with Crippen LogP contribution in [-0.4, -0.2) is 64.4 Å². The minimum Gasteiger partial charge on any atom is -0.358 e. The van der Waals surface area contributed by atoms with E-state index in [0.29, 0.717) is 43.9 Å². The van der Waals surface area contributed by atoms with Crippen molar-refractivity contribution < 1.29 is 14.4 Å². The Morgan fingerprint density at radius 1 is 1.00 bits per heavy atom. The molecule has 140 valence electrons. The number of carbonyl (C=O) groups is 3. The Kier molecular flexibility index (Phi) is 4.39. The number of carbonyl (C=O) groups excluding carboxylic acids is 3. The fourth-order valence-corrected chi connectivity index (χ4v) is 3.63. The quantitative estimate of drug-likeness (QED) is 0.829. The molecule has 2 aliphatic rings. The number of H-pyrrole nitrogens is 1. The third-order valence-electron chi connectivity index (χ3n) is 5.11. The summed E-state index contributed by atoms with van der Waals surface area (Å²) in [5.74, 6) is -0.347. The highest BCUT2D eigenvalue weighted by molar-refractivity contribution is 6.39. The molecule has 2 aromatic rings. The molecule has 8 nitrogen and oxygen atoms in total. The first-order chi connectivity index (χ1) is 13.0. The van der Waals surface area contributed by atoms with Crippen LogP contribution in [0.4, 0.5) is 0 Å². The molecule has 2 N–H and O–H groups in total. The summed E-state index contributed by atoms with van der Waals surface area (Å²) in [6, 6.07) is 7.76. The van der Waals surface area contributed by atoms with E-state index in [9.17, 15) is 14.4 Å². The molecular formula is C19H21N5O3. The largest absolute Gasteiger partial charge is 0.358 e. The Morgan fingerprint density at radius 2 is 1.67 bits per heavy atom. The number of aromatic amines is 1. The van der Waals surface area contributed by atoms with Crippen LogP contribution in [-0.2, 0) is 9.59 Å². The molecule has 8 heteroatoms. The molecule has 27 heavy (non-hydrogen) atoms. The number of aromatic nitrogens is 1. The first-order valence-corrected chi connectivity index (χ1v) is 9.06. The zero-order valence-electron chi connectivity index (χ0n) is 15.1. The van der Waals surface area contributed by atoms with Crippen molar-refractivity contribution in [2.45, 2.75) is 19.8 Å². The zero-order valence-corrected chi connectivity index (χ0v) is 15.1. The van der Waals surface area contributed by atoms with Crippen LogP contribution in [0, 0.1) is 6.92 Å². The molecule has 0 radical (unpaired) electrons. The highest BCUT2D eigenvalue weighted by atomic mass is 16.2. The highest BCUT2D eigenvalue weighted by Gasteiger charge is 2.30. The lowest BCUT2D eigenvalue weighted by Gasteiger charge is -2.35.